The van der Waals surface area contributed by atoms with Crippen molar-refractivity contribution < 1.29 is 14.6 Å². The normalized spacial score (nSPS) is 19.0. The maximum Gasteiger partial charge on any atom is 0.323 e. The second kappa shape index (κ2) is 4.14. The first kappa shape index (κ1) is 11.0. The second-order valence-corrected chi connectivity index (χ2v) is 4.07. The highest BCUT2D eigenvalue weighted by Crippen LogP contribution is 2.25. The number of aryl methyl sites for hydroxylation is 1. The van der Waals surface area contributed by atoms with Crippen molar-refractivity contribution >= 4 is 5.97 Å². The number of carbonyl (C=O) groups is 1. The van der Waals surface area contributed by atoms with Gasteiger partial charge in [0, 0.05) is 6.54 Å². The summed E-state index contributed by atoms with van der Waals surface area (Å²) >= 11 is 0. The van der Waals surface area contributed by atoms with Gasteiger partial charge >= 0.3 is 5.97 Å². The molecular weight excluding hydrogens is 206 g/mol. The summed E-state index contributed by atoms with van der Waals surface area (Å²) in [6.45, 7) is 2.50. The maximum absolute atomic E-state index is 11.4. The third-order valence-corrected chi connectivity index (χ3v) is 2.97. The molecule has 86 valence electrons. The number of aromatic hydroxyl groups is 1. The van der Waals surface area contributed by atoms with Gasteiger partial charge in [-0.05, 0) is 36.1 Å². The number of ether oxygens (including phenoxy) is 1. The largest absolute Gasteiger partial charge is 0.508 e. The molecule has 0 saturated heterocycles. The van der Waals surface area contributed by atoms with Gasteiger partial charge in [-0.1, -0.05) is 6.07 Å². The SMILES string of the molecule is COC(=O)C1Cc2cc(O)c(C)cc2CN1. The molecule has 0 saturated carbocycles. The van der Waals surface area contributed by atoms with Crippen LogP contribution >= 0.6 is 0 Å². The summed E-state index contributed by atoms with van der Waals surface area (Å²) in [7, 11) is 1.38. The van der Waals surface area contributed by atoms with Gasteiger partial charge in [0.1, 0.15) is 11.8 Å². The Balaban J connectivity index is 2.27. The molecule has 1 unspecified atom stereocenters. The lowest BCUT2D eigenvalue weighted by Crippen LogP contribution is -2.42. The minimum absolute atomic E-state index is 0.259. The summed E-state index contributed by atoms with van der Waals surface area (Å²) in [5.41, 5.74) is 3.00. The molecule has 0 aromatic heterocycles. The van der Waals surface area contributed by atoms with E-state index in [2.05, 4.69) is 5.32 Å². The molecule has 1 aliphatic heterocycles. The third kappa shape index (κ3) is 1.88. The third-order valence-electron chi connectivity index (χ3n) is 2.97. The summed E-state index contributed by atoms with van der Waals surface area (Å²) in [4.78, 5) is 11.4. The van der Waals surface area contributed by atoms with Crippen LogP contribution in [0.4, 0.5) is 0 Å². The molecule has 0 radical (unpaired) electrons. The fourth-order valence-corrected chi connectivity index (χ4v) is 1.99. The summed E-state index contributed by atoms with van der Waals surface area (Å²) in [6.07, 6.45) is 0.565. The Kier molecular flexibility index (Phi) is 2.83. The van der Waals surface area contributed by atoms with Gasteiger partial charge in [0.25, 0.3) is 0 Å². The fraction of sp³-hybridized carbons (Fsp3) is 0.417. The molecule has 16 heavy (non-hydrogen) atoms. The number of hydrogen-bond acceptors (Lipinski definition) is 4. The van der Waals surface area contributed by atoms with Gasteiger partial charge in [0.2, 0.25) is 0 Å². The number of methoxy groups -OCH3 is 1. The van der Waals surface area contributed by atoms with Crippen LogP contribution in [0.3, 0.4) is 0 Å². The molecule has 0 amide bonds. The van der Waals surface area contributed by atoms with E-state index in [-0.39, 0.29) is 17.8 Å². The van der Waals surface area contributed by atoms with Crippen LogP contribution in [0.25, 0.3) is 0 Å². The number of hydrogen-bond donors (Lipinski definition) is 2. The molecule has 0 fully saturated rings. The zero-order valence-corrected chi connectivity index (χ0v) is 9.41. The standard InChI is InChI=1S/C12H15NO3/c1-7-3-9-6-13-10(12(15)16-2)4-8(9)5-11(7)14/h3,5,10,13-14H,4,6H2,1-2H3. The van der Waals surface area contributed by atoms with Crippen molar-refractivity contribution in [1.29, 1.82) is 0 Å². The highest BCUT2D eigenvalue weighted by molar-refractivity contribution is 5.76. The van der Waals surface area contributed by atoms with E-state index in [0.717, 1.165) is 16.7 Å². The summed E-state index contributed by atoms with van der Waals surface area (Å²) in [5.74, 6) is 0.0231. The number of rotatable bonds is 1. The Labute approximate surface area is 94.2 Å². The molecule has 0 bridgehead atoms. The average molecular weight is 221 g/mol. The summed E-state index contributed by atoms with van der Waals surface area (Å²) in [6, 6.07) is 3.38. The average Bonchev–Trinajstić information content (AvgIpc) is 2.29. The molecule has 1 atom stereocenters. The van der Waals surface area contributed by atoms with Crippen molar-refractivity contribution in [1.82, 2.24) is 5.32 Å². The minimum Gasteiger partial charge on any atom is -0.508 e. The summed E-state index contributed by atoms with van der Waals surface area (Å²) < 4.78 is 4.69. The smallest absolute Gasteiger partial charge is 0.323 e. The molecule has 1 aromatic carbocycles. The van der Waals surface area contributed by atoms with E-state index in [1.807, 2.05) is 13.0 Å². The number of nitrogens with one attached hydrogen (secondary N) is 1. The lowest BCUT2D eigenvalue weighted by molar-refractivity contribution is -0.143. The highest BCUT2D eigenvalue weighted by atomic mass is 16.5. The first-order valence-electron chi connectivity index (χ1n) is 5.24. The monoisotopic (exact) mass is 221 g/mol. The van der Waals surface area contributed by atoms with Gasteiger partial charge in [0.05, 0.1) is 7.11 Å². The second-order valence-electron chi connectivity index (χ2n) is 4.07. The van der Waals surface area contributed by atoms with Gasteiger partial charge in [0.15, 0.2) is 0 Å². The first-order valence-corrected chi connectivity index (χ1v) is 5.24. The van der Waals surface area contributed by atoms with Crippen molar-refractivity contribution in [3.63, 3.8) is 0 Å². The van der Waals surface area contributed by atoms with Gasteiger partial charge in [-0.2, -0.15) is 0 Å². The number of phenols is 1. The van der Waals surface area contributed by atoms with Gasteiger partial charge < -0.3 is 15.2 Å². The van der Waals surface area contributed by atoms with E-state index < -0.39 is 0 Å². The summed E-state index contributed by atoms with van der Waals surface area (Å²) in [5, 5.41) is 12.7. The Morgan fingerprint density at radius 2 is 2.25 bits per heavy atom. The van der Waals surface area contributed by atoms with Crippen LogP contribution in [0, 0.1) is 6.92 Å². The molecule has 0 aliphatic carbocycles. The number of phenolic OH excluding ortho intramolecular Hbond substituents is 1. The van der Waals surface area contributed by atoms with E-state index in [4.69, 9.17) is 4.74 Å². The molecule has 4 heteroatoms. The molecule has 4 nitrogen and oxygen atoms in total. The lowest BCUT2D eigenvalue weighted by Gasteiger charge is -2.24. The molecule has 2 rings (SSSR count). The van der Waals surface area contributed by atoms with Crippen LogP contribution in [0.15, 0.2) is 12.1 Å². The predicted molar refractivity (Wildman–Crippen MR) is 59.2 cm³/mol. The molecular formula is C12H15NO3. The van der Waals surface area contributed by atoms with Crippen LogP contribution in [0.5, 0.6) is 5.75 Å². The van der Waals surface area contributed by atoms with E-state index in [1.165, 1.54) is 7.11 Å². The van der Waals surface area contributed by atoms with Crippen molar-refractivity contribution in [3.8, 4) is 5.75 Å². The van der Waals surface area contributed by atoms with Gasteiger partial charge in [-0.25, -0.2) is 0 Å². The van der Waals surface area contributed by atoms with E-state index in [9.17, 15) is 9.90 Å². The molecule has 1 heterocycles. The predicted octanol–water partition coefficient (Wildman–Crippen LogP) is 0.888. The molecule has 1 aromatic rings. The molecule has 1 aliphatic rings. The van der Waals surface area contributed by atoms with Crippen LogP contribution < -0.4 is 5.32 Å². The quantitative estimate of drug-likeness (QED) is 0.691. The van der Waals surface area contributed by atoms with E-state index in [1.54, 1.807) is 6.07 Å². The van der Waals surface area contributed by atoms with Crippen molar-refractivity contribution in [2.45, 2.75) is 25.9 Å². The van der Waals surface area contributed by atoms with Crippen molar-refractivity contribution in [2.75, 3.05) is 7.11 Å². The maximum atomic E-state index is 11.4. The van der Waals surface area contributed by atoms with E-state index >= 15 is 0 Å². The number of esters is 1. The van der Waals surface area contributed by atoms with Crippen LogP contribution in [0.1, 0.15) is 16.7 Å². The molecule has 2 N–H and O–H groups in total. The van der Waals surface area contributed by atoms with Crippen LogP contribution in [-0.4, -0.2) is 24.2 Å². The number of benzene rings is 1. The number of fused-ring (bicyclic) bond motifs is 1. The highest BCUT2D eigenvalue weighted by Gasteiger charge is 2.25. The zero-order chi connectivity index (χ0) is 11.7. The first-order chi connectivity index (χ1) is 7.61. The Morgan fingerprint density at radius 3 is 2.94 bits per heavy atom. The van der Waals surface area contributed by atoms with Crippen LogP contribution in [-0.2, 0) is 22.5 Å². The topological polar surface area (TPSA) is 58.6 Å². The molecule has 0 spiro atoms. The van der Waals surface area contributed by atoms with Crippen LogP contribution in [0.2, 0.25) is 0 Å². The number of carbonyl (C=O) groups excluding carboxylic acids is 1. The lowest BCUT2D eigenvalue weighted by atomic mass is 9.94. The fourth-order valence-electron chi connectivity index (χ4n) is 1.99. The van der Waals surface area contributed by atoms with Crippen molar-refractivity contribution in [3.05, 3.63) is 28.8 Å². The van der Waals surface area contributed by atoms with Crippen molar-refractivity contribution in [2.24, 2.45) is 0 Å². The minimum atomic E-state index is -0.306. The van der Waals surface area contributed by atoms with E-state index in [0.29, 0.717) is 13.0 Å². The Morgan fingerprint density at radius 1 is 1.50 bits per heavy atom. The van der Waals surface area contributed by atoms with Gasteiger partial charge in [-0.3, -0.25) is 4.79 Å². The Hall–Kier alpha value is -1.55. The van der Waals surface area contributed by atoms with Gasteiger partial charge in [-0.15, -0.1) is 0 Å². The zero-order valence-electron chi connectivity index (χ0n) is 9.41. The Bertz CT molecular complexity index is 429.